The molecule has 1 unspecified atom stereocenters. The fraction of sp³-hybridized carbons (Fsp3) is 0.933. The summed E-state index contributed by atoms with van der Waals surface area (Å²) in [5.41, 5.74) is 0. The normalized spacial score (nSPS) is 14.7. The van der Waals surface area contributed by atoms with Crippen molar-refractivity contribution in [1.82, 2.24) is 0 Å². The first-order valence-electron chi connectivity index (χ1n) is 7.82. The van der Waals surface area contributed by atoms with Crippen molar-refractivity contribution in [3.05, 3.63) is 0 Å². The highest BCUT2D eigenvalue weighted by molar-refractivity contribution is 6.66. The van der Waals surface area contributed by atoms with Crippen LogP contribution in [-0.4, -0.2) is 19.9 Å². The van der Waals surface area contributed by atoms with E-state index in [2.05, 4.69) is 27.7 Å². The maximum Gasteiger partial charge on any atom is 0.306 e. The van der Waals surface area contributed by atoms with Crippen molar-refractivity contribution in [2.75, 3.05) is 0 Å². The summed E-state index contributed by atoms with van der Waals surface area (Å²) in [6.07, 6.45) is 7.58. The Bertz CT molecular complexity index is 227. The van der Waals surface area contributed by atoms with Crippen LogP contribution in [0, 0.1) is 0 Å². The highest BCUT2D eigenvalue weighted by Crippen LogP contribution is 2.44. The summed E-state index contributed by atoms with van der Waals surface area (Å²) >= 11 is 0. The molecule has 0 saturated heterocycles. The van der Waals surface area contributed by atoms with E-state index >= 15 is 0 Å². The fourth-order valence-electron chi connectivity index (χ4n) is 3.31. The SMILES string of the molecule is CCCCCCC(CCC)(C(=O)O)[SiH](CC)CC. The Hall–Kier alpha value is -0.313. The quantitative estimate of drug-likeness (QED) is 0.431. The molecule has 0 aromatic rings. The van der Waals surface area contributed by atoms with E-state index in [-0.39, 0.29) is 5.04 Å². The second kappa shape index (κ2) is 9.60. The Morgan fingerprint density at radius 3 is 1.94 bits per heavy atom. The molecule has 0 amide bonds. The highest BCUT2D eigenvalue weighted by Gasteiger charge is 2.43. The predicted molar refractivity (Wildman–Crippen MR) is 82.1 cm³/mol. The van der Waals surface area contributed by atoms with E-state index in [4.69, 9.17) is 0 Å². The van der Waals surface area contributed by atoms with Gasteiger partial charge in [0.25, 0.3) is 0 Å². The first-order valence-corrected chi connectivity index (χ1v) is 10.0. The number of hydrogen-bond acceptors (Lipinski definition) is 1. The number of rotatable bonds is 11. The van der Waals surface area contributed by atoms with Crippen LogP contribution >= 0.6 is 0 Å². The van der Waals surface area contributed by atoms with Gasteiger partial charge in [-0.05, 0) is 12.8 Å². The minimum Gasteiger partial charge on any atom is -0.481 e. The van der Waals surface area contributed by atoms with Gasteiger partial charge in [0.2, 0.25) is 0 Å². The van der Waals surface area contributed by atoms with Crippen molar-refractivity contribution in [3.63, 3.8) is 0 Å². The number of carboxylic acid groups (broad SMARTS) is 1. The average Bonchev–Trinajstić information content (AvgIpc) is 2.35. The van der Waals surface area contributed by atoms with Crippen LogP contribution in [-0.2, 0) is 4.79 Å². The van der Waals surface area contributed by atoms with Crippen LogP contribution in [0.5, 0.6) is 0 Å². The van der Waals surface area contributed by atoms with E-state index in [9.17, 15) is 9.90 Å². The van der Waals surface area contributed by atoms with E-state index < -0.39 is 14.8 Å². The van der Waals surface area contributed by atoms with Crippen LogP contribution in [0.4, 0.5) is 0 Å². The molecule has 0 aliphatic rings. The largest absolute Gasteiger partial charge is 0.481 e. The number of carboxylic acids is 1. The van der Waals surface area contributed by atoms with Gasteiger partial charge in [-0.2, -0.15) is 0 Å². The smallest absolute Gasteiger partial charge is 0.306 e. The van der Waals surface area contributed by atoms with E-state index in [1.165, 1.54) is 19.3 Å². The molecule has 0 saturated carbocycles. The van der Waals surface area contributed by atoms with Gasteiger partial charge in [-0.3, -0.25) is 4.79 Å². The Morgan fingerprint density at radius 2 is 1.56 bits per heavy atom. The summed E-state index contributed by atoms with van der Waals surface area (Å²) in [6, 6.07) is 2.24. The van der Waals surface area contributed by atoms with Crippen molar-refractivity contribution >= 4 is 14.8 Å². The molecule has 108 valence electrons. The van der Waals surface area contributed by atoms with Crippen molar-refractivity contribution in [1.29, 1.82) is 0 Å². The summed E-state index contributed by atoms with van der Waals surface area (Å²) in [5.74, 6) is -0.499. The summed E-state index contributed by atoms with van der Waals surface area (Å²) in [5, 5.41) is 9.45. The minimum atomic E-state index is -1.17. The third-order valence-corrected chi connectivity index (χ3v) is 8.72. The average molecular weight is 273 g/mol. The van der Waals surface area contributed by atoms with Gasteiger partial charge in [0.1, 0.15) is 0 Å². The zero-order valence-electron chi connectivity index (χ0n) is 12.8. The van der Waals surface area contributed by atoms with Crippen LogP contribution < -0.4 is 0 Å². The van der Waals surface area contributed by atoms with E-state index in [0.717, 1.165) is 37.8 Å². The standard InChI is InChI=1S/C15H32O2Si/c1-5-9-10-11-13-15(12-6-2,14(16)17)18(7-3)8-4/h18H,5-13H2,1-4H3,(H,16,17). The summed E-state index contributed by atoms with van der Waals surface area (Å²) < 4.78 is 0. The van der Waals surface area contributed by atoms with Gasteiger partial charge < -0.3 is 5.11 Å². The lowest BCUT2D eigenvalue weighted by atomic mass is 9.95. The van der Waals surface area contributed by atoms with Crippen molar-refractivity contribution < 1.29 is 9.90 Å². The number of hydrogen-bond donors (Lipinski definition) is 1. The molecule has 18 heavy (non-hydrogen) atoms. The third-order valence-electron chi connectivity index (χ3n) is 4.37. The van der Waals surface area contributed by atoms with Gasteiger partial charge in [0.05, 0.1) is 13.8 Å². The summed E-state index contributed by atoms with van der Waals surface area (Å²) in [4.78, 5) is 11.9. The molecular weight excluding hydrogens is 240 g/mol. The molecule has 1 atom stereocenters. The van der Waals surface area contributed by atoms with Crippen molar-refractivity contribution in [2.24, 2.45) is 0 Å². The molecule has 0 heterocycles. The summed E-state index contributed by atoms with van der Waals surface area (Å²) in [6.45, 7) is 8.71. The van der Waals surface area contributed by atoms with E-state index in [0.29, 0.717) is 0 Å². The van der Waals surface area contributed by atoms with E-state index in [1.54, 1.807) is 0 Å². The molecule has 0 radical (unpaired) electrons. The van der Waals surface area contributed by atoms with Crippen LogP contribution in [0.25, 0.3) is 0 Å². The lowest BCUT2D eigenvalue weighted by molar-refractivity contribution is -0.141. The second-order valence-corrected chi connectivity index (χ2v) is 9.67. The Labute approximate surface area is 115 Å². The van der Waals surface area contributed by atoms with Crippen LogP contribution in [0.1, 0.15) is 72.6 Å². The Balaban J connectivity index is 4.79. The fourth-order valence-corrected chi connectivity index (χ4v) is 7.10. The Kier molecular flexibility index (Phi) is 9.43. The third kappa shape index (κ3) is 4.75. The molecule has 3 heteroatoms. The lowest BCUT2D eigenvalue weighted by Crippen LogP contribution is -2.38. The molecule has 1 N–H and O–H groups in total. The van der Waals surface area contributed by atoms with Crippen LogP contribution in [0.15, 0.2) is 0 Å². The molecule has 0 aromatic heterocycles. The number of aliphatic carboxylic acids is 1. The monoisotopic (exact) mass is 272 g/mol. The predicted octanol–water partition coefficient (Wildman–Crippen LogP) is 4.85. The molecule has 0 aromatic carbocycles. The van der Waals surface area contributed by atoms with E-state index in [1.807, 2.05) is 0 Å². The number of unbranched alkanes of at least 4 members (excludes halogenated alkanes) is 3. The molecule has 0 fully saturated rings. The van der Waals surface area contributed by atoms with Gasteiger partial charge in [0.15, 0.2) is 0 Å². The molecule has 0 spiro atoms. The van der Waals surface area contributed by atoms with Crippen molar-refractivity contribution in [3.8, 4) is 0 Å². The van der Waals surface area contributed by atoms with Gasteiger partial charge in [-0.25, -0.2) is 0 Å². The molecule has 0 rings (SSSR count). The maximum atomic E-state index is 11.9. The van der Waals surface area contributed by atoms with Crippen LogP contribution in [0.2, 0.25) is 17.1 Å². The topological polar surface area (TPSA) is 37.3 Å². The van der Waals surface area contributed by atoms with Gasteiger partial charge >= 0.3 is 5.97 Å². The van der Waals surface area contributed by atoms with Gasteiger partial charge in [-0.1, -0.05) is 71.9 Å². The Morgan fingerprint density at radius 1 is 0.944 bits per heavy atom. The first-order chi connectivity index (χ1) is 8.58. The molecule has 0 bridgehead atoms. The molecular formula is C15H32O2Si. The molecule has 0 aliphatic heterocycles. The number of carbonyl (C=O) groups is 1. The second-order valence-electron chi connectivity index (χ2n) is 5.54. The molecule has 2 nitrogen and oxygen atoms in total. The maximum absolute atomic E-state index is 11.9. The first kappa shape index (κ1) is 17.7. The zero-order chi connectivity index (χ0) is 14.0. The lowest BCUT2D eigenvalue weighted by Gasteiger charge is -2.35. The minimum absolute atomic E-state index is 0.327. The van der Waals surface area contributed by atoms with Gasteiger partial charge in [-0.15, -0.1) is 0 Å². The zero-order valence-corrected chi connectivity index (χ0v) is 14.0. The van der Waals surface area contributed by atoms with Crippen molar-refractivity contribution in [2.45, 2.75) is 89.8 Å². The van der Waals surface area contributed by atoms with Crippen LogP contribution in [0.3, 0.4) is 0 Å². The highest BCUT2D eigenvalue weighted by atomic mass is 28.3. The summed E-state index contributed by atoms with van der Waals surface area (Å²) in [7, 11) is -1.17. The van der Waals surface area contributed by atoms with Gasteiger partial charge in [0, 0.05) is 0 Å². The molecule has 0 aliphatic carbocycles.